The molecule has 1 N–H and O–H groups in total. The highest BCUT2D eigenvalue weighted by atomic mass is 79.9. The summed E-state index contributed by atoms with van der Waals surface area (Å²) >= 11 is 2.82. The van der Waals surface area contributed by atoms with E-state index < -0.39 is 22.9 Å². The maximum Gasteiger partial charge on any atom is 0.331 e. The van der Waals surface area contributed by atoms with Crippen molar-refractivity contribution in [1.82, 2.24) is 0 Å². The molecule has 0 radical (unpaired) electrons. The van der Waals surface area contributed by atoms with Crippen molar-refractivity contribution >= 4 is 27.9 Å². The molecule has 5 heteroatoms. The molecular weight excluding hydrogens is 348 g/mol. The van der Waals surface area contributed by atoms with Crippen LogP contribution in [-0.2, 0) is 20.7 Å². The van der Waals surface area contributed by atoms with Crippen LogP contribution < -0.4 is 0 Å². The van der Waals surface area contributed by atoms with Gasteiger partial charge < -0.3 is 9.84 Å². The molecule has 0 bridgehead atoms. The zero-order chi connectivity index (χ0) is 15.9. The standard InChI is InChI=1S/C17H15BrO4/c18-15(16(19)20)17(21)22-14(13-9-5-2-6-10-13)11-12-7-3-1-4-8-12/h1-10,14-15H,11H2,(H,19,20). The Kier molecular flexibility index (Phi) is 5.72. The van der Waals surface area contributed by atoms with E-state index in [0.29, 0.717) is 6.42 Å². The van der Waals surface area contributed by atoms with Crippen molar-refractivity contribution in [2.45, 2.75) is 17.4 Å². The average molecular weight is 363 g/mol. The molecule has 2 aromatic carbocycles. The summed E-state index contributed by atoms with van der Waals surface area (Å²) in [5, 5.41) is 8.88. The van der Waals surface area contributed by atoms with Crippen molar-refractivity contribution in [2.75, 3.05) is 0 Å². The van der Waals surface area contributed by atoms with Crippen molar-refractivity contribution in [3.8, 4) is 0 Å². The maximum atomic E-state index is 11.9. The minimum Gasteiger partial charge on any atom is -0.480 e. The molecule has 0 spiro atoms. The van der Waals surface area contributed by atoms with Gasteiger partial charge >= 0.3 is 11.9 Å². The summed E-state index contributed by atoms with van der Waals surface area (Å²) in [7, 11) is 0. The van der Waals surface area contributed by atoms with E-state index in [1.165, 1.54) is 0 Å². The Morgan fingerprint density at radius 2 is 1.55 bits per heavy atom. The molecule has 4 nitrogen and oxygen atoms in total. The monoisotopic (exact) mass is 362 g/mol. The number of rotatable bonds is 6. The average Bonchev–Trinajstić information content (AvgIpc) is 2.55. The number of carboxylic acids is 1. The van der Waals surface area contributed by atoms with Crippen molar-refractivity contribution in [2.24, 2.45) is 0 Å². The molecule has 0 aliphatic heterocycles. The summed E-state index contributed by atoms with van der Waals surface area (Å²) in [5.41, 5.74) is 1.83. The van der Waals surface area contributed by atoms with E-state index in [1.54, 1.807) is 0 Å². The van der Waals surface area contributed by atoms with Crippen LogP contribution in [0, 0.1) is 0 Å². The minimum absolute atomic E-state index is 0.482. The molecule has 0 amide bonds. The second-order valence-corrected chi connectivity index (χ2v) is 5.64. The molecule has 2 unspecified atom stereocenters. The molecule has 0 aliphatic rings. The number of alkyl halides is 1. The van der Waals surface area contributed by atoms with Gasteiger partial charge in [-0.25, -0.2) is 0 Å². The van der Waals surface area contributed by atoms with Crippen LogP contribution in [0.2, 0.25) is 0 Å². The van der Waals surface area contributed by atoms with E-state index in [4.69, 9.17) is 9.84 Å². The highest BCUT2D eigenvalue weighted by molar-refractivity contribution is 9.10. The molecule has 2 aromatic rings. The number of benzene rings is 2. The van der Waals surface area contributed by atoms with E-state index in [2.05, 4.69) is 15.9 Å². The second-order valence-electron chi connectivity index (χ2n) is 4.73. The van der Waals surface area contributed by atoms with E-state index in [1.807, 2.05) is 60.7 Å². The van der Waals surface area contributed by atoms with Gasteiger partial charge in [0.2, 0.25) is 4.83 Å². The molecule has 0 fully saturated rings. The fourth-order valence-corrected chi connectivity index (χ4v) is 2.13. The lowest BCUT2D eigenvalue weighted by molar-refractivity contribution is -0.154. The predicted molar refractivity (Wildman–Crippen MR) is 85.8 cm³/mol. The second kappa shape index (κ2) is 7.75. The molecule has 114 valence electrons. The lowest BCUT2D eigenvalue weighted by Gasteiger charge is -2.19. The fourth-order valence-electron chi connectivity index (χ4n) is 2.02. The molecule has 0 aromatic heterocycles. The minimum atomic E-state index is -1.37. The highest BCUT2D eigenvalue weighted by Gasteiger charge is 2.27. The number of hydrogen-bond donors (Lipinski definition) is 1. The highest BCUT2D eigenvalue weighted by Crippen LogP contribution is 2.23. The Morgan fingerprint density at radius 3 is 2.09 bits per heavy atom. The SMILES string of the molecule is O=C(O)C(Br)C(=O)OC(Cc1ccccc1)c1ccccc1. The number of carbonyl (C=O) groups is 2. The van der Waals surface area contributed by atoms with Crippen molar-refractivity contribution in [3.05, 3.63) is 71.8 Å². The van der Waals surface area contributed by atoms with Gasteiger partial charge in [-0.3, -0.25) is 9.59 Å². The number of carbonyl (C=O) groups excluding carboxylic acids is 1. The largest absolute Gasteiger partial charge is 0.480 e. The van der Waals surface area contributed by atoms with Crippen LogP contribution in [0.15, 0.2) is 60.7 Å². The molecule has 0 saturated heterocycles. The quantitative estimate of drug-likeness (QED) is 0.486. The normalized spacial score (nSPS) is 13.1. The number of hydrogen-bond acceptors (Lipinski definition) is 3. The third-order valence-corrected chi connectivity index (χ3v) is 3.88. The summed E-state index contributed by atoms with van der Waals surface area (Å²) in [4.78, 5) is 21.4. The molecule has 2 atom stereocenters. The van der Waals surface area contributed by atoms with Crippen molar-refractivity contribution < 1.29 is 19.4 Å². The molecule has 2 rings (SSSR count). The lowest BCUT2D eigenvalue weighted by atomic mass is 10.0. The van der Waals surface area contributed by atoms with Crippen LogP contribution in [0.4, 0.5) is 0 Å². The van der Waals surface area contributed by atoms with Crippen LogP contribution in [0.5, 0.6) is 0 Å². The first kappa shape index (κ1) is 16.2. The Morgan fingerprint density at radius 1 is 1.00 bits per heavy atom. The Hall–Kier alpha value is -2.14. The fraction of sp³-hybridized carbons (Fsp3) is 0.176. The summed E-state index contributed by atoms with van der Waals surface area (Å²) in [6.45, 7) is 0. The van der Waals surface area contributed by atoms with Crippen molar-refractivity contribution in [3.63, 3.8) is 0 Å². The van der Waals surface area contributed by atoms with E-state index >= 15 is 0 Å². The lowest BCUT2D eigenvalue weighted by Crippen LogP contribution is -2.28. The van der Waals surface area contributed by atoms with Crippen molar-refractivity contribution in [1.29, 1.82) is 0 Å². The number of aliphatic carboxylic acids is 1. The number of carboxylic acid groups (broad SMARTS) is 1. The van der Waals surface area contributed by atoms with Crippen LogP contribution in [0.3, 0.4) is 0 Å². The summed E-state index contributed by atoms with van der Waals surface area (Å²) in [5.74, 6) is -2.08. The van der Waals surface area contributed by atoms with E-state index in [9.17, 15) is 9.59 Å². The van der Waals surface area contributed by atoms with Gasteiger partial charge in [0.15, 0.2) is 0 Å². The predicted octanol–water partition coefficient (Wildman–Crippen LogP) is 3.36. The number of halogens is 1. The van der Waals surface area contributed by atoms with E-state index in [0.717, 1.165) is 11.1 Å². The van der Waals surface area contributed by atoms with Gasteiger partial charge in [0.05, 0.1) is 0 Å². The van der Waals surface area contributed by atoms with Gasteiger partial charge in [-0.2, -0.15) is 0 Å². The van der Waals surface area contributed by atoms with Gasteiger partial charge in [-0.1, -0.05) is 76.6 Å². The van der Waals surface area contributed by atoms with Gasteiger partial charge in [-0.15, -0.1) is 0 Å². The molecule has 0 heterocycles. The van der Waals surface area contributed by atoms with Gasteiger partial charge in [0.1, 0.15) is 6.10 Å². The zero-order valence-corrected chi connectivity index (χ0v) is 13.3. The molecular formula is C17H15BrO4. The first-order valence-corrected chi connectivity index (χ1v) is 7.65. The van der Waals surface area contributed by atoms with Crippen LogP contribution in [-0.4, -0.2) is 21.9 Å². The van der Waals surface area contributed by atoms with Crippen LogP contribution in [0.25, 0.3) is 0 Å². The van der Waals surface area contributed by atoms with Crippen LogP contribution in [0.1, 0.15) is 17.2 Å². The number of ether oxygens (including phenoxy) is 1. The zero-order valence-electron chi connectivity index (χ0n) is 11.7. The summed E-state index contributed by atoms with van der Waals surface area (Å²) in [6, 6.07) is 18.9. The van der Waals surface area contributed by atoms with Gasteiger partial charge in [0, 0.05) is 6.42 Å². The first-order chi connectivity index (χ1) is 10.6. The third kappa shape index (κ3) is 4.43. The topological polar surface area (TPSA) is 63.6 Å². The molecule has 0 saturated carbocycles. The molecule has 22 heavy (non-hydrogen) atoms. The molecule has 0 aliphatic carbocycles. The third-order valence-electron chi connectivity index (χ3n) is 3.12. The Balaban J connectivity index is 2.19. The van der Waals surface area contributed by atoms with Crippen LogP contribution >= 0.6 is 15.9 Å². The van der Waals surface area contributed by atoms with Gasteiger partial charge in [-0.05, 0) is 11.1 Å². The maximum absolute atomic E-state index is 11.9. The smallest absolute Gasteiger partial charge is 0.331 e. The Bertz CT molecular complexity index is 628. The summed E-state index contributed by atoms with van der Waals surface area (Å²) < 4.78 is 5.40. The summed E-state index contributed by atoms with van der Waals surface area (Å²) in [6.07, 6.45) is -0.0499. The van der Waals surface area contributed by atoms with E-state index in [-0.39, 0.29) is 0 Å². The van der Waals surface area contributed by atoms with Gasteiger partial charge in [0.25, 0.3) is 0 Å². The Labute approximate surface area is 136 Å². The number of esters is 1. The first-order valence-electron chi connectivity index (χ1n) is 6.74.